The molecule has 0 atom stereocenters. The van der Waals surface area contributed by atoms with Gasteiger partial charge in [-0.1, -0.05) is 11.8 Å². The van der Waals surface area contributed by atoms with Crippen LogP contribution in [0.2, 0.25) is 0 Å². The van der Waals surface area contributed by atoms with Crippen LogP contribution in [0.3, 0.4) is 0 Å². The van der Waals surface area contributed by atoms with E-state index in [9.17, 15) is 9.18 Å². The van der Waals surface area contributed by atoms with E-state index in [0.29, 0.717) is 5.56 Å². The SMILES string of the molecule is O=C(Nc1cccnn1)c1ccc(C#CCO)cc1F. The van der Waals surface area contributed by atoms with Crippen molar-refractivity contribution in [2.45, 2.75) is 0 Å². The lowest BCUT2D eigenvalue weighted by molar-refractivity contribution is 0.102. The number of hydrogen-bond donors (Lipinski definition) is 2. The van der Waals surface area contributed by atoms with Crippen LogP contribution in [0.1, 0.15) is 15.9 Å². The lowest BCUT2D eigenvalue weighted by Gasteiger charge is -2.04. The Labute approximate surface area is 114 Å². The fourth-order valence-electron chi connectivity index (χ4n) is 1.47. The number of benzene rings is 1. The van der Waals surface area contributed by atoms with Gasteiger partial charge in [0.05, 0.1) is 5.56 Å². The van der Waals surface area contributed by atoms with Crippen LogP contribution < -0.4 is 5.32 Å². The van der Waals surface area contributed by atoms with Gasteiger partial charge in [0.15, 0.2) is 5.82 Å². The van der Waals surface area contributed by atoms with Crippen LogP contribution in [0.25, 0.3) is 0 Å². The third kappa shape index (κ3) is 3.37. The summed E-state index contributed by atoms with van der Waals surface area (Å²) in [6.07, 6.45) is 1.46. The average Bonchev–Trinajstić information content (AvgIpc) is 2.46. The van der Waals surface area contributed by atoms with Gasteiger partial charge in [-0.15, -0.1) is 5.10 Å². The molecule has 2 aromatic rings. The van der Waals surface area contributed by atoms with Crippen LogP contribution in [0, 0.1) is 17.7 Å². The monoisotopic (exact) mass is 271 g/mol. The summed E-state index contributed by atoms with van der Waals surface area (Å²) in [5.74, 6) is 3.88. The largest absolute Gasteiger partial charge is 0.384 e. The summed E-state index contributed by atoms with van der Waals surface area (Å²) in [7, 11) is 0. The third-order valence-electron chi connectivity index (χ3n) is 2.34. The minimum Gasteiger partial charge on any atom is -0.384 e. The molecule has 0 fully saturated rings. The van der Waals surface area contributed by atoms with Crippen LogP contribution in [-0.2, 0) is 0 Å². The minimum absolute atomic E-state index is 0.120. The van der Waals surface area contributed by atoms with Crippen molar-refractivity contribution in [2.24, 2.45) is 0 Å². The van der Waals surface area contributed by atoms with E-state index < -0.39 is 11.7 Å². The van der Waals surface area contributed by atoms with Crippen LogP contribution in [0.4, 0.5) is 10.2 Å². The van der Waals surface area contributed by atoms with E-state index in [1.54, 1.807) is 12.1 Å². The highest BCUT2D eigenvalue weighted by molar-refractivity contribution is 6.03. The van der Waals surface area contributed by atoms with Gasteiger partial charge in [-0.05, 0) is 30.3 Å². The number of hydrogen-bond acceptors (Lipinski definition) is 4. The summed E-state index contributed by atoms with van der Waals surface area (Å²) < 4.78 is 13.8. The zero-order chi connectivity index (χ0) is 14.4. The van der Waals surface area contributed by atoms with E-state index in [4.69, 9.17) is 5.11 Å². The maximum atomic E-state index is 13.8. The van der Waals surface area contributed by atoms with Crippen LogP contribution in [0.5, 0.6) is 0 Å². The fourth-order valence-corrected chi connectivity index (χ4v) is 1.47. The predicted octanol–water partition coefficient (Wildman–Crippen LogP) is 1.21. The van der Waals surface area contributed by atoms with E-state index in [-0.39, 0.29) is 18.0 Å². The van der Waals surface area contributed by atoms with E-state index >= 15 is 0 Å². The molecule has 1 amide bonds. The number of carbonyl (C=O) groups is 1. The normalized spacial score (nSPS) is 9.50. The summed E-state index contributed by atoms with van der Waals surface area (Å²) in [5, 5.41) is 18.3. The molecule has 0 aliphatic rings. The van der Waals surface area contributed by atoms with E-state index in [1.807, 2.05) is 0 Å². The zero-order valence-electron chi connectivity index (χ0n) is 10.3. The molecule has 6 heteroatoms. The highest BCUT2D eigenvalue weighted by Crippen LogP contribution is 2.12. The summed E-state index contributed by atoms with van der Waals surface area (Å²) in [6.45, 7) is -0.309. The Hall–Kier alpha value is -2.78. The second-order valence-electron chi connectivity index (χ2n) is 3.72. The lowest BCUT2D eigenvalue weighted by Crippen LogP contribution is -2.15. The van der Waals surface area contributed by atoms with Crippen molar-refractivity contribution < 1.29 is 14.3 Å². The van der Waals surface area contributed by atoms with Gasteiger partial charge in [-0.25, -0.2) is 4.39 Å². The fraction of sp³-hybridized carbons (Fsp3) is 0.0714. The van der Waals surface area contributed by atoms with Crippen molar-refractivity contribution in [1.82, 2.24) is 10.2 Å². The molecule has 0 bridgehead atoms. The molecule has 0 aliphatic carbocycles. The molecule has 0 unspecified atom stereocenters. The minimum atomic E-state index is -0.698. The Balaban J connectivity index is 2.18. The molecule has 1 heterocycles. The van der Waals surface area contributed by atoms with Gasteiger partial charge < -0.3 is 10.4 Å². The van der Waals surface area contributed by atoms with Crippen molar-refractivity contribution in [3.05, 3.63) is 53.5 Å². The van der Waals surface area contributed by atoms with Gasteiger partial charge >= 0.3 is 0 Å². The van der Waals surface area contributed by atoms with Crippen molar-refractivity contribution in [3.8, 4) is 11.8 Å². The van der Waals surface area contributed by atoms with Crippen LogP contribution >= 0.6 is 0 Å². The number of aromatic nitrogens is 2. The summed E-state index contributed by atoms with van der Waals surface area (Å²) in [4.78, 5) is 11.9. The first kappa shape index (κ1) is 13.6. The number of aliphatic hydroxyl groups is 1. The molecular weight excluding hydrogens is 261 g/mol. The van der Waals surface area contributed by atoms with Gasteiger partial charge in [0.2, 0.25) is 0 Å². The first-order valence-electron chi connectivity index (χ1n) is 5.69. The van der Waals surface area contributed by atoms with Gasteiger partial charge in [0.1, 0.15) is 12.4 Å². The number of rotatable bonds is 2. The molecule has 5 nitrogen and oxygen atoms in total. The van der Waals surface area contributed by atoms with Crippen molar-refractivity contribution in [3.63, 3.8) is 0 Å². The highest BCUT2D eigenvalue weighted by atomic mass is 19.1. The number of amides is 1. The Morgan fingerprint density at radius 1 is 1.40 bits per heavy atom. The Morgan fingerprint density at radius 2 is 2.25 bits per heavy atom. The Kier molecular flexibility index (Phi) is 4.37. The Bertz CT molecular complexity index is 678. The summed E-state index contributed by atoms with van der Waals surface area (Å²) in [6, 6.07) is 7.10. The topological polar surface area (TPSA) is 75.1 Å². The van der Waals surface area contributed by atoms with Gasteiger partial charge in [-0.3, -0.25) is 4.79 Å². The summed E-state index contributed by atoms with van der Waals surface area (Å²) in [5.41, 5.74) is 0.262. The van der Waals surface area contributed by atoms with Crippen LogP contribution in [0.15, 0.2) is 36.5 Å². The molecule has 2 rings (SSSR count). The number of nitrogens with one attached hydrogen (secondary N) is 1. The molecule has 0 saturated heterocycles. The second-order valence-corrected chi connectivity index (χ2v) is 3.72. The zero-order valence-corrected chi connectivity index (χ0v) is 10.3. The standard InChI is InChI=1S/C14H10FN3O2/c15-12-9-10(3-2-8-19)5-6-11(12)14(20)17-13-4-1-7-16-18-13/h1,4-7,9,19H,8H2,(H,17,18,20). The van der Waals surface area contributed by atoms with Gasteiger partial charge in [-0.2, -0.15) is 5.10 Å². The molecule has 100 valence electrons. The first-order valence-corrected chi connectivity index (χ1v) is 5.69. The van der Waals surface area contributed by atoms with E-state index in [1.165, 1.54) is 18.3 Å². The third-order valence-corrected chi connectivity index (χ3v) is 2.34. The lowest BCUT2D eigenvalue weighted by atomic mass is 10.1. The molecule has 1 aromatic heterocycles. The smallest absolute Gasteiger partial charge is 0.259 e. The predicted molar refractivity (Wildman–Crippen MR) is 70.3 cm³/mol. The maximum Gasteiger partial charge on any atom is 0.259 e. The number of aliphatic hydroxyl groups excluding tert-OH is 1. The van der Waals surface area contributed by atoms with E-state index in [2.05, 4.69) is 27.4 Å². The van der Waals surface area contributed by atoms with Gasteiger partial charge in [0, 0.05) is 11.8 Å². The number of nitrogens with zero attached hydrogens (tertiary/aromatic N) is 2. The molecule has 0 saturated carbocycles. The van der Waals surface area contributed by atoms with Crippen LogP contribution in [-0.4, -0.2) is 27.8 Å². The number of halogens is 1. The average molecular weight is 271 g/mol. The highest BCUT2D eigenvalue weighted by Gasteiger charge is 2.12. The molecule has 2 N–H and O–H groups in total. The molecule has 20 heavy (non-hydrogen) atoms. The number of anilines is 1. The molecule has 0 aliphatic heterocycles. The maximum absolute atomic E-state index is 13.8. The van der Waals surface area contributed by atoms with E-state index in [0.717, 1.165) is 6.07 Å². The van der Waals surface area contributed by atoms with Crippen molar-refractivity contribution in [1.29, 1.82) is 0 Å². The van der Waals surface area contributed by atoms with Crippen molar-refractivity contribution in [2.75, 3.05) is 11.9 Å². The second kappa shape index (κ2) is 6.41. The molecule has 0 radical (unpaired) electrons. The molecule has 0 spiro atoms. The quantitative estimate of drug-likeness (QED) is 0.805. The molecular formula is C14H10FN3O2. The van der Waals surface area contributed by atoms with Gasteiger partial charge in [0.25, 0.3) is 5.91 Å². The molecule has 1 aromatic carbocycles. The number of carbonyl (C=O) groups excluding carboxylic acids is 1. The first-order chi connectivity index (χ1) is 9.70. The van der Waals surface area contributed by atoms with Crippen molar-refractivity contribution >= 4 is 11.7 Å². The summed E-state index contributed by atoms with van der Waals surface area (Å²) >= 11 is 0. The Morgan fingerprint density at radius 3 is 2.90 bits per heavy atom.